The molecule has 0 fully saturated rings. The van der Waals surface area contributed by atoms with Gasteiger partial charge in [0.1, 0.15) is 11.3 Å². The van der Waals surface area contributed by atoms with Crippen molar-refractivity contribution in [2.24, 2.45) is 0 Å². The van der Waals surface area contributed by atoms with E-state index >= 15 is 0 Å². The largest absolute Gasteiger partial charge is 0.323 e. The third-order valence-corrected chi connectivity index (χ3v) is 9.92. The standard InChI is InChI=1S/C24H10N8S4/c1-5-33-13-9(1)17-25-18-10-2-6-35-15(10)23(27-18)32-24-16-12(4-8-36-16)20(31-24)30-22-14-11(3-7-34-14)19(29-22)28-21(13)26-17/h1-8H,(H2,25,26,27,28,29,30,31,32). The second kappa shape index (κ2) is 6.89. The summed E-state index contributed by atoms with van der Waals surface area (Å²) in [4.78, 5) is 38.4. The first kappa shape index (κ1) is 19.4. The van der Waals surface area contributed by atoms with Crippen LogP contribution in [0.15, 0.2) is 45.8 Å². The van der Waals surface area contributed by atoms with Gasteiger partial charge in [0.2, 0.25) is 0 Å². The number of fused-ring (bicyclic) bond motifs is 20. The molecule has 7 aromatic heterocycles. The van der Waals surface area contributed by atoms with Crippen molar-refractivity contribution in [3.05, 3.63) is 45.8 Å². The molecule has 8 nitrogen and oxygen atoms in total. The van der Waals surface area contributed by atoms with Gasteiger partial charge in [0.25, 0.3) is 0 Å². The molecule has 0 radical (unpaired) electrons. The lowest BCUT2D eigenvalue weighted by Crippen LogP contribution is -1.84. The molecule has 9 rings (SSSR count). The first-order chi connectivity index (χ1) is 17.8. The van der Waals surface area contributed by atoms with Crippen LogP contribution in [0.4, 0.5) is 0 Å². The molecule has 36 heavy (non-hydrogen) atoms. The fourth-order valence-corrected chi connectivity index (χ4v) is 7.98. The highest BCUT2D eigenvalue weighted by Crippen LogP contribution is 2.42. The average molecular weight is 539 g/mol. The van der Waals surface area contributed by atoms with Crippen molar-refractivity contribution in [3.63, 3.8) is 0 Å². The van der Waals surface area contributed by atoms with Crippen LogP contribution in [0, 0.1) is 0 Å². The highest BCUT2D eigenvalue weighted by Gasteiger charge is 2.25. The Bertz CT molecular complexity index is 2040. The minimum Gasteiger partial charge on any atom is -0.323 e. The zero-order valence-corrected chi connectivity index (χ0v) is 21.2. The summed E-state index contributed by atoms with van der Waals surface area (Å²) in [7, 11) is 0. The van der Waals surface area contributed by atoms with Gasteiger partial charge in [0, 0.05) is 21.9 Å². The molecule has 0 atom stereocenters. The molecule has 0 aliphatic carbocycles. The lowest BCUT2D eigenvalue weighted by atomic mass is 10.2. The SMILES string of the molecule is c1cc2c(s1)-c1nc3nc(nc4[nH]c(nc5[nH]c(nc-2n1)c1ccsc51)c1sccc41)-c1sccc1-3. The molecule has 9 heterocycles. The molecule has 0 saturated heterocycles. The van der Waals surface area contributed by atoms with Crippen LogP contribution < -0.4 is 0 Å². The maximum absolute atomic E-state index is 5.01. The number of aromatic amines is 2. The van der Waals surface area contributed by atoms with E-state index in [1.165, 1.54) is 0 Å². The minimum absolute atomic E-state index is 0.622. The second-order valence-electron chi connectivity index (χ2n) is 8.26. The van der Waals surface area contributed by atoms with Gasteiger partial charge in [-0.05, 0) is 45.8 Å². The predicted octanol–water partition coefficient (Wildman–Crippen LogP) is 7.12. The number of thiophene rings is 4. The van der Waals surface area contributed by atoms with E-state index in [1.54, 1.807) is 45.3 Å². The van der Waals surface area contributed by atoms with E-state index in [4.69, 9.17) is 29.9 Å². The summed E-state index contributed by atoms with van der Waals surface area (Å²) in [5.74, 6) is 2.53. The molecule has 7 aromatic rings. The number of hydrogen-bond acceptors (Lipinski definition) is 10. The fourth-order valence-electron chi connectivity index (χ4n) is 4.65. The molecule has 0 amide bonds. The van der Waals surface area contributed by atoms with E-state index in [9.17, 15) is 0 Å². The van der Waals surface area contributed by atoms with Crippen LogP contribution in [0.3, 0.4) is 0 Å². The Balaban J connectivity index is 1.51. The first-order valence-corrected chi connectivity index (χ1v) is 14.4. The highest BCUT2D eigenvalue weighted by atomic mass is 32.1. The molecular weight excluding hydrogens is 529 g/mol. The van der Waals surface area contributed by atoms with Gasteiger partial charge >= 0.3 is 0 Å². The summed E-state index contributed by atoms with van der Waals surface area (Å²) in [6.45, 7) is 0. The Kier molecular flexibility index (Phi) is 3.70. The van der Waals surface area contributed by atoms with E-state index in [0.717, 1.165) is 63.6 Å². The van der Waals surface area contributed by atoms with Crippen molar-refractivity contribution in [1.82, 2.24) is 39.9 Å². The number of nitrogens with one attached hydrogen (secondary N) is 2. The van der Waals surface area contributed by atoms with Crippen LogP contribution in [-0.4, -0.2) is 39.9 Å². The van der Waals surface area contributed by atoms with E-state index in [-0.39, 0.29) is 0 Å². The second-order valence-corrected chi connectivity index (χ2v) is 11.9. The zero-order valence-electron chi connectivity index (χ0n) is 17.9. The Morgan fingerprint density at radius 2 is 0.917 bits per heavy atom. The maximum atomic E-state index is 5.01. The van der Waals surface area contributed by atoms with E-state index in [2.05, 4.69) is 32.9 Å². The zero-order chi connectivity index (χ0) is 23.4. The van der Waals surface area contributed by atoms with Crippen molar-refractivity contribution in [3.8, 4) is 44.2 Å². The maximum Gasteiger partial charge on any atom is 0.174 e. The van der Waals surface area contributed by atoms with Crippen LogP contribution in [0.1, 0.15) is 0 Å². The quantitative estimate of drug-likeness (QED) is 0.213. The number of H-pyrrole nitrogens is 2. The Morgan fingerprint density at radius 1 is 0.444 bits per heavy atom. The summed E-state index contributed by atoms with van der Waals surface area (Å²) in [6, 6.07) is 8.23. The van der Waals surface area contributed by atoms with E-state index in [1.807, 2.05) is 22.9 Å². The number of aromatic nitrogens is 8. The molecule has 2 N–H and O–H groups in total. The van der Waals surface area contributed by atoms with Gasteiger partial charge in [0.05, 0.1) is 19.2 Å². The molecule has 2 aliphatic heterocycles. The summed E-state index contributed by atoms with van der Waals surface area (Å²) in [5, 5.41) is 10.3. The molecule has 8 bridgehead atoms. The molecular formula is C24H10N8S4. The predicted molar refractivity (Wildman–Crippen MR) is 148 cm³/mol. The smallest absolute Gasteiger partial charge is 0.174 e. The molecule has 170 valence electrons. The number of rotatable bonds is 0. The van der Waals surface area contributed by atoms with Gasteiger partial charge in [-0.2, -0.15) is 0 Å². The van der Waals surface area contributed by atoms with Gasteiger partial charge in [0.15, 0.2) is 34.6 Å². The first-order valence-electron chi connectivity index (χ1n) is 10.9. The number of nitrogens with zero attached hydrogens (tertiary/aromatic N) is 6. The number of hydrogen-bond donors (Lipinski definition) is 2. The lowest BCUT2D eigenvalue weighted by Gasteiger charge is -1.90. The Hall–Kier alpha value is -3.84. The van der Waals surface area contributed by atoms with Gasteiger partial charge in [-0.25, -0.2) is 29.9 Å². The van der Waals surface area contributed by atoms with Crippen LogP contribution >= 0.6 is 45.3 Å². The van der Waals surface area contributed by atoms with E-state index < -0.39 is 0 Å². The summed E-state index contributed by atoms with van der Waals surface area (Å²) in [5.41, 5.74) is 4.96. The summed E-state index contributed by atoms with van der Waals surface area (Å²) < 4.78 is 2.10. The van der Waals surface area contributed by atoms with Crippen molar-refractivity contribution in [2.75, 3.05) is 0 Å². The Labute approximate surface area is 217 Å². The van der Waals surface area contributed by atoms with E-state index in [0.29, 0.717) is 23.3 Å². The van der Waals surface area contributed by atoms with Crippen molar-refractivity contribution < 1.29 is 0 Å². The molecule has 0 aromatic carbocycles. The van der Waals surface area contributed by atoms with Crippen molar-refractivity contribution >= 4 is 88.1 Å². The topological polar surface area (TPSA) is 109 Å². The molecule has 0 saturated carbocycles. The van der Waals surface area contributed by atoms with Crippen LogP contribution in [0.5, 0.6) is 0 Å². The van der Waals surface area contributed by atoms with Crippen molar-refractivity contribution in [2.45, 2.75) is 0 Å². The van der Waals surface area contributed by atoms with Gasteiger partial charge in [-0.3, -0.25) is 0 Å². The molecule has 0 unspecified atom stereocenters. The van der Waals surface area contributed by atoms with Gasteiger partial charge in [-0.15, -0.1) is 45.3 Å². The van der Waals surface area contributed by atoms with Gasteiger partial charge < -0.3 is 9.97 Å². The monoisotopic (exact) mass is 538 g/mol. The van der Waals surface area contributed by atoms with Crippen LogP contribution in [0.25, 0.3) is 86.9 Å². The Morgan fingerprint density at radius 3 is 1.50 bits per heavy atom. The lowest BCUT2D eigenvalue weighted by molar-refractivity contribution is 1.17. The summed E-state index contributed by atoms with van der Waals surface area (Å²) >= 11 is 6.50. The van der Waals surface area contributed by atoms with Crippen LogP contribution in [0.2, 0.25) is 0 Å². The molecule has 2 aliphatic rings. The summed E-state index contributed by atoms with van der Waals surface area (Å²) in [6.07, 6.45) is 0. The third kappa shape index (κ3) is 2.56. The molecule has 12 heteroatoms. The normalized spacial score (nSPS) is 12.4. The van der Waals surface area contributed by atoms with Crippen molar-refractivity contribution in [1.29, 1.82) is 0 Å². The van der Waals surface area contributed by atoms with Crippen LogP contribution in [-0.2, 0) is 0 Å². The average Bonchev–Trinajstić information content (AvgIpc) is 3.67. The van der Waals surface area contributed by atoms with Gasteiger partial charge in [-0.1, -0.05) is 0 Å². The minimum atomic E-state index is 0.622. The fraction of sp³-hybridized carbons (Fsp3) is 0. The third-order valence-electron chi connectivity index (χ3n) is 6.26. The highest BCUT2D eigenvalue weighted by molar-refractivity contribution is 7.18. The molecule has 0 spiro atoms.